The van der Waals surface area contributed by atoms with Crippen molar-refractivity contribution in [3.05, 3.63) is 54.1 Å². The van der Waals surface area contributed by atoms with Crippen molar-refractivity contribution in [2.45, 2.75) is 36.2 Å². The lowest BCUT2D eigenvalue weighted by molar-refractivity contribution is -0.125. The molecular formula is C25H29N3O2S2. The minimum absolute atomic E-state index is 0.0578. The van der Waals surface area contributed by atoms with Gasteiger partial charge in [-0.2, -0.15) is 0 Å². The SMILES string of the molecule is CSc1cccc(N2C(=O)CSc3c(c4ccccc4n3C)[C@@H]2C(=O)NCCC(C)C)c1. The van der Waals surface area contributed by atoms with Gasteiger partial charge in [0.25, 0.3) is 0 Å². The van der Waals surface area contributed by atoms with Crippen LogP contribution in [0.4, 0.5) is 5.69 Å². The van der Waals surface area contributed by atoms with Crippen molar-refractivity contribution in [1.29, 1.82) is 0 Å². The van der Waals surface area contributed by atoms with E-state index in [1.807, 2.05) is 49.7 Å². The number of anilines is 1. The summed E-state index contributed by atoms with van der Waals surface area (Å²) in [5.74, 6) is 0.589. The van der Waals surface area contributed by atoms with Crippen LogP contribution >= 0.6 is 23.5 Å². The third-order valence-electron chi connectivity index (χ3n) is 5.82. The average molecular weight is 468 g/mol. The van der Waals surface area contributed by atoms with Crippen LogP contribution < -0.4 is 10.2 Å². The highest BCUT2D eigenvalue weighted by Gasteiger charge is 2.39. The number of amides is 2. The molecule has 0 aliphatic carbocycles. The number of nitrogens with zero attached hydrogens (tertiary/aromatic N) is 2. The maximum absolute atomic E-state index is 13.7. The number of rotatable bonds is 6. The monoisotopic (exact) mass is 467 g/mol. The second kappa shape index (κ2) is 9.63. The number of carbonyl (C=O) groups excluding carboxylic acids is 2. The molecule has 2 aromatic carbocycles. The standard InChI is InChI=1S/C25H29N3O2S2/c1-16(2)12-13-26-24(30)23-22-19-10-5-6-11-20(19)27(3)25(22)32-15-21(29)28(23)17-8-7-9-18(14-17)31-4/h5-11,14,16,23H,12-13,15H2,1-4H3,(H,26,30)/t23-/m1/s1. The molecule has 32 heavy (non-hydrogen) atoms. The molecule has 0 saturated heterocycles. The lowest BCUT2D eigenvalue weighted by Crippen LogP contribution is -2.44. The van der Waals surface area contributed by atoms with Gasteiger partial charge in [-0.15, -0.1) is 11.8 Å². The molecule has 1 aliphatic rings. The fourth-order valence-corrected chi connectivity index (χ4v) is 5.71. The molecule has 0 unspecified atom stereocenters. The van der Waals surface area contributed by atoms with Crippen LogP contribution in [-0.2, 0) is 16.6 Å². The highest BCUT2D eigenvalue weighted by Crippen LogP contribution is 2.43. The molecule has 0 bridgehead atoms. The minimum Gasteiger partial charge on any atom is -0.354 e. The first-order valence-electron chi connectivity index (χ1n) is 10.9. The number of hydrogen-bond donors (Lipinski definition) is 1. The molecule has 3 aromatic rings. The first kappa shape index (κ1) is 22.8. The predicted molar refractivity (Wildman–Crippen MR) is 135 cm³/mol. The largest absolute Gasteiger partial charge is 0.354 e. The Kier molecular flexibility index (Phi) is 6.86. The molecule has 1 atom stereocenters. The zero-order valence-electron chi connectivity index (χ0n) is 18.9. The number of para-hydroxylation sites is 1. The molecule has 1 aromatic heterocycles. The normalized spacial score (nSPS) is 16.3. The Morgan fingerprint density at radius 3 is 2.75 bits per heavy atom. The van der Waals surface area contributed by atoms with Crippen LogP contribution in [0.2, 0.25) is 0 Å². The van der Waals surface area contributed by atoms with Gasteiger partial charge in [-0.3, -0.25) is 14.5 Å². The third kappa shape index (κ3) is 4.28. The fourth-order valence-electron chi connectivity index (χ4n) is 4.19. The Bertz CT molecular complexity index is 1160. The maximum atomic E-state index is 13.7. The van der Waals surface area contributed by atoms with Gasteiger partial charge in [-0.1, -0.05) is 49.9 Å². The van der Waals surface area contributed by atoms with E-state index in [0.29, 0.717) is 12.5 Å². The Labute approximate surface area is 197 Å². The molecule has 1 N–H and O–H groups in total. The molecule has 0 radical (unpaired) electrons. The maximum Gasteiger partial charge on any atom is 0.247 e. The van der Waals surface area contributed by atoms with Gasteiger partial charge >= 0.3 is 0 Å². The number of hydrogen-bond acceptors (Lipinski definition) is 4. The van der Waals surface area contributed by atoms with E-state index in [4.69, 9.17) is 0 Å². The van der Waals surface area contributed by atoms with Crippen molar-refractivity contribution >= 4 is 51.9 Å². The summed E-state index contributed by atoms with van der Waals surface area (Å²) in [5.41, 5.74) is 2.74. The van der Waals surface area contributed by atoms with Crippen molar-refractivity contribution in [1.82, 2.24) is 9.88 Å². The van der Waals surface area contributed by atoms with Crippen molar-refractivity contribution in [2.24, 2.45) is 13.0 Å². The van der Waals surface area contributed by atoms with Gasteiger partial charge < -0.3 is 9.88 Å². The van der Waals surface area contributed by atoms with E-state index in [9.17, 15) is 9.59 Å². The van der Waals surface area contributed by atoms with Gasteiger partial charge in [-0.25, -0.2) is 0 Å². The van der Waals surface area contributed by atoms with E-state index in [0.717, 1.165) is 38.5 Å². The molecule has 1 aliphatic heterocycles. The smallest absolute Gasteiger partial charge is 0.247 e. The van der Waals surface area contributed by atoms with Crippen LogP contribution in [0.1, 0.15) is 31.9 Å². The Morgan fingerprint density at radius 1 is 1.22 bits per heavy atom. The zero-order chi connectivity index (χ0) is 22.8. The summed E-state index contributed by atoms with van der Waals surface area (Å²) in [6.45, 7) is 4.87. The van der Waals surface area contributed by atoms with E-state index in [-0.39, 0.29) is 17.6 Å². The summed E-state index contributed by atoms with van der Waals surface area (Å²) in [5, 5.41) is 5.11. The summed E-state index contributed by atoms with van der Waals surface area (Å²) in [6, 6.07) is 15.3. The van der Waals surface area contributed by atoms with E-state index in [1.165, 1.54) is 11.8 Å². The van der Waals surface area contributed by atoms with Crippen LogP contribution in [0.15, 0.2) is 58.5 Å². The molecule has 0 saturated carbocycles. The molecule has 7 heteroatoms. The highest BCUT2D eigenvalue weighted by atomic mass is 32.2. The highest BCUT2D eigenvalue weighted by molar-refractivity contribution is 8.00. The Balaban J connectivity index is 1.88. The Hall–Kier alpha value is -2.38. The first-order chi connectivity index (χ1) is 15.4. The molecular weight excluding hydrogens is 438 g/mol. The van der Waals surface area contributed by atoms with Gasteiger partial charge in [0, 0.05) is 40.6 Å². The lowest BCUT2D eigenvalue weighted by Gasteiger charge is -2.30. The number of benzene rings is 2. The second-order valence-electron chi connectivity index (χ2n) is 8.42. The number of nitrogens with one attached hydrogen (secondary N) is 1. The molecule has 2 amide bonds. The molecule has 4 rings (SSSR count). The first-order valence-corrected chi connectivity index (χ1v) is 13.1. The van der Waals surface area contributed by atoms with Gasteiger partial charge in [0.1, 0.15) is 6.04 Å². The van der Waals surface area contributed by atoms with Crippen LogP contribution in [0.25, 0.3) is 10.9 Å². The van der Waals surface area contributed by atoms with Crippen molar-refractivity contribution in [3.63, 3.8) is 0 Å². The van der Waals surface area contributed by atoms with Crippen LogP contribution in [0, 0.1) is 5.92 Å². The van der Waals surface area contributed by atoms with Crippen molar-refractivity contribution in [2.75, 3.05) is 23.5 Å². The van der Waals surface area contributed by atoms with E-state index in [1.54, 1.807) is 16.7 Å². The molecule has 0 fully saturated rings. The molecule has 168 valence electrons. The van der Waals surface area contributed by atoms with E-state index >= 15 is 0 Å². The lowest BCUT2D eigenvalue weighted by atomic mass is 10.0. The molecule has 0 spiro atoms. The van der Waals surface area contributed by atoms with E-state index in [2.05, 4.69) is 35.9 Å². The fraction of sp³-hybridized carbons (Fsp3) is 0.360. The van der Waals surface area contributed by atoms with Gasteiger partial charge in [-0.05, 0) is 42.9 Å². The summed E-state index contributed by atoms with van der Waals surface area (Å²) < 4.78 is 2.11. The summed E-state index contributed by atoms with van der Waals surface area (Å²) in [6.07, 6.45) is 2.91. The summed E-state index contributed by atoms with van der Waals surface area (Å²) in [7, 11) is 2.01. The third-order valence-corrected chi connectivity index (χ3v) is 7.71. The zero-order valence-corrected chi connectivity index (χ0v) is 20.6. The number of aromatic nitrogens is 1. The van der Waals surface area contributed by atoms with Crippen LogP contribution in [0.5, 0.6) is 0 Å². The summed E-state index contributed by atoms with van der Waals surface area (Å²) >= 11 is 3.14. The van der Waals surface area contributed by atoms with E-state index < -0.39 is 6.04 Å². The minimum atomic E-state index is -0.720. The van der Waals surface area contributed by atoms with Gasteiger partial charge in [0.15, 0.2) is 0 Å². The predicted octanol–water partition coefficient (Wildman–Crippen LogP) is 5.24. The molecule has 2 heterocycles. The number of aryl methyl sites for hydroxylation is 1. The Morgan fingerprint density at radius 2 is 2.00 bits per heavy atom. The van der Waals surface area contributed by atoms with Crippen molar-refractivity contribution in [3.8, 4) is 0 Å². The van der Waals surface area contributed by atoms with Gasteiger partial charge in [0.2, 0.25) is 11.8 Å². The molecule has 5 nitrogen and oxygen atoms in total. The topological polar surface area (TPSA) is 54.3 Å². The van der Waals surface area contributed by atoms with Crippen LogP contribution in [0.3, 0.4) is 0 Å². The summed E-state index contributed by atoms with van der Waals surface area (Å²) in [4.78, 5) is 29.9. The van der Waals surface area contributed by atoms with Crippen LogP contribution in [-0.4, -0.2) is 34.9 Å². The van der Waals surface area contributed by atoms with Crippen molar-refractivity contribution < 1.29 is 9.59 Å². The second-order valence-corrected chi connectivity index (χ2v) is 10.3. The number of thioether (sulfide) groups is 2. The number of carbonyl (C=O) groups is 2. The average Bonchev–Trinajstić information content (AvgIpc) is 2.96. The quantitative estimate of drug-likeness (QED) is 0.504. The van der Waals surface area contributed by atoms with Gasteiger partial charge in [0.05, 0.1) is 10.8 Å². The number of fused-ring (bicyclic) bond motifs is 3.